The van der Waals surface area contributed by atoms with Gasteiger partial charge in [-0.1, -0.05) is 0 Å². The molecule has 0 fully saturated rings. The van der Waals surface area contributed by atoms with Crippen molar-refractivity contribution in [3.05, 3.63) is 0 Å². The molecule has 0 aliphatic heterocycles. The van der Waals surface area contributed by atoms with Crippen LogP contribution in [0.4, 0.5) is 0 Å². The summed E-state index contributed by atoms with van der Waals surface area (Å²) in [7, 11) is 29.8. The molecule has 2 nitrogen and oxygen atoms in total. The van der Waals surface area contributed by atoms with Crippen molar-refractivity contribution in [2.45, 2.75) is 6.42 Å². The van der Waals surface area contributed by atoms with E-state index in [1.165, 1.54) is 0 Å². The summed E-state index contributed by atoms with van der Waals surface area (Å²) in [5.41, 5.74) is 0. The van der Waals surface area contributed by atoms with Crippen LogP contribution in [-0.4, -0.2) is 23.4 Å². The first-order chi connectivity index (χ1) is 5.88. The topological polar surface area (TPSA) is 40.5 Å². The van der Waals surface area contributed by atoms with Gasteiger partial charge in [-0.15, -0.1) is 0 Å². The van der Waals surface area contributed by atoms with Crippen molar-refractivity contribution < 1.29 is 39.6 Å². The van der Waals surface area contributed by atoms with E-state index in [-0.39, 0.29) is 13.2 Å². The normalized spacial score (nSPS) is 7.38. The summed E-state index contributed by atoms with van der Waals surface area (Å²) >= 11 is -3.83. The molecule has 0 rings (SSSR count). The summed E-state index contributed by atoms with van der Waals surface area (Å²) in [6, 6.07) is 0. The zero-order valence-corrected chi connectivity index (χ0v) is 13.9. The molecule has 0 heterocycles. The quantitative estimate of drug-likeness (QED) is 0.716. The Hall–Kier alpha value is 3.09. The van der Waals surface area contributed by atoms with Crippen LogP contribution in [0.2, 0.25) is 0 Å². The monoisotopic (exact) mass is 382 g/mol. The molecule has 0 aliphatic carbocycles. The Morgan fingerprint density at radius 3 is 0.846 bits per heavy atom. The van der Waals surface area contributed by atoms with Gasteiger partial charge >= 0.3 is 85.2 Å². The van der Waals surface area contributed by atoms with E-state index in [9.17, 15) is 0 Å². The minimum absolute atomic E-state index is 0.0938. The first kappa shape index (κ1) is 21.4. The van der Waals surface area contributed by atoms with Crippen LogP contribution in [0.1, 0.15) is 6.42 Å². The SMILES string of the molecule is OCCCO.[Cl][Ti]([Cl])[Cl].[Cl][Ti]([Cl])[Cl]. The molecular formula is C3H8Cl6O2Ti2. The molecule has 0 saturated heterocycles. The fourth-order valence-corrected chi connectivity index (χ4v) is 0.0707. The summed E-state index contributed by atoms with van der Waals surface area (Å²) in [5, 5.41) is 15.8. The Kier molecular flexibility index (Phi) is 33.7. The van der Waals surface area contributed by atoms with Gasteiger partial charge in [-0.2, -0.15) is 0 Å². The molecule has 0 spiro atoms. The molecule has 82 valence electrons. The molecule has 13 heavy (non-hydrogen) atoms. The fourth-order valence-electron chi connectivity index (χ4n) is 0.0707. The van der Waals surface area contributed by atoms with Crippen molar-refractivity contribution >= 4 is 55.8 Å². The minimum atomic E-state index is -1.92. The first-order valence-electron chi connectivity index (χ1n) is 2.77. The van der Waals surface area contributed by atoms with Crippen LogP contribution in [0.25, 0.3) is 0 Å². The summed E-state index contributed by atoms with van der Waals surface area (Å²) in [6.07, 6.45) is 0.500. The Balaban J connectivity index is -0.000000117. The zero-order chi connectivity index (χ0) is 11.3. The predicted molar refractivity (Wildman–Crippen MR) is 53.9 cm³/mol. The first-order valence-corrected chi connectivity index (χ1v) is 15.7. The van der Waals surface area contributed by atoms with Gasteiger partial charge < -0.3 is 10.2 Å². The van der Waals surface area contributed by atoms with Crippen LogP contribution < -0.4 is 0 Å². The molecule has 0 amide bonds. The second-order valence-corrected chi connectivity index (χ2v) is 16.7. The summed E-state index contributed by atoms with van der Waals surface area (Å²) < 4.78 is 0. The van der Waals surface area contributed by atoms with Gasteiger partial charge in [-0.05, 0) is 6.42 Å². The Labute approximate surface area is 113 Å². The van der Waals surface area contributed by atoms with Gasteiger partial charge in [-0.25, -0.2) is 0 Å². The number of aliphatic hydroxyl groups excluding tert-OH is 2. The average Bonchev–Trinajstić information content (AvgIpc) is 1.86. The maximum atomic E-state index is 7.91. The van der Waals surface area contributed by atoms with Crippen molar-refractivity contribution in [1.29, 1.82) is 0 Å². The molecular weight excluding hydrogens is 376 g/mol. The third-order valence-corrected chi connectivity index (χ3v) is 0.316. The molecule has 0 unspecified atom stereocenters. The van der Waals surface area contributed by atoms with Crippen LogP contribution in [0.3, 0.4) is 0 Å². The van der Waals surface area contributed by atoms with Crippen LogP contribution in [0.15, 0.2) is 0 Å². The van der Waals surface area contributed by atoms with Gasteiger partial charge in [0.05, 0.1) is 0 Å². The van der Waals surface area contributed by atoms with Gasteiger partial charge in [0.15, 0.2) is 0 Å². The standard InChI is InChI=1S/C3H8O2.6ClH.2Ti/c4-2-1-3-5;;;;;;;;/h4-5H,1-3H2;6*1H;;/q;;;;;;;2*+3/p-6. The van der Waals surface area contributed by atoms with Crippen LogP contribution in [0, 0.1) is 0 Å². The number of hydrogen-bond donors (Lipinski definition) is 2. The van der Waals surface area contributed by atoms with Gasteiger partial charge in [0, 0.05) is 13.2 Å². The number of rotatable bonds is 2. The van der Waals surface area contributed by atoms with Crippen LogP contribution in [-0.2, 0) is 29.4 Å². The van der Waals surface area contributed by atoms with E-state index in [2.05, 4.69) is 0 Å². The number of hydrogen-bond acceptors (Lipinski definition) is 2. The van der Waals surface area contributed by atoms with Crippen LogP contribution in [0.5, 0.6) is 0 Å². The molecule has 0 radical (unpaired) electrons. The molecule has 0 atom stereocenters. The number of aliphatic hydroxyl groups is 2. The van der Waals surface area contributed by atoms with E-state index in [0.717, 1.165) is 0 Å². The third kappa shape index (κ3) is 99.8. The van der Waals surface area contributed by atoms with E-state index in [1.807, 2.05) is 0 Å². The maximum absolute atomic E-state index is 7.91. The molecule has 0 aromatic rings. The summed E-state index contributed by atoms with van der Waals surface area (Å²) in [4.78, 5) is 0. The van der Waals surface area contributed by atoms with Crippen molar-refractivity contribution in [2.24, 2.45) is 0 Å². The molecule has 0 bridgehead atoms. The molecule has 0 saturated carbocycles. The second-order valence-electron chi connectivity index (χ2n) is 1.23. The molecule has 0 aliphatic rings. The van der Waals surface area contributed by atoms with E-state index >= 15 is 0 Å². The number of halogens is 6. The van der Waals surface area contributed by atoms with E-state index < -0.39 is 29.4 Å². The van der Waals surface area contributed by atoms with E-state index in [1.54, 1.807) is 0 Å². The molecule has 2 N–H and O–H groups in total. The molecule has 10 heteroatoms. The van der Waals surface area contributed by atoms with Gasteiger partial charge in [0.1, 0.15) is 0 Å². The van der Waals surface area contributed by atoms with Crippen molar-refractivity contribution in [2.75, 3.05) is 13.2 Å². The van der Waals surface area contributed by atoms with Gasteiger partial charge in [-0.3, -0.25) is 0 Å². The summed E-state index contributed by atoms with van der Waals surface area (Å²) in [6.45, 7) is 0.188. The second kappa shape index (κ2) is 20.5. The van der Waals surface area contributed by atoms with Gasteiger partial charge in [0.2, 0.25) is 0 Å². The Morgan fingerprint density at radius 1 is 0.692 bits per heavy atom. The molecule has 0 aromatic carbocycles. The van der Waals surface area contributed by atoms with Crippen molar-refractivity contribution in [3.8, 4) is 0 Å². The fraction of sp³-hybridized carbons (Fsp3) is 1.00. The molecule has 0 aromatic heterocycles. The third-order valence-electron chi connectivity index (χ3n) is 0.316. The average molecular weight is 385 g/mol. The summed E-state index contributed by atoms with van der Waals surface area (Å²) in [5.74, 6) is 0. The van der Waals surface area contributed by atoms with E-state index in [0.29, 0.717) is 6.42 Å². The zero-order valence-electron chi connectivity index (χ0n) is 6.28. The van der Waals surface area contributed by atoms with Crippen LogP contribution >= 0.6 is 55.8 Å². The Bertz CT molecular complexity index is 63.4. The van der Waals surface area contributed by atoms with Crippen molar-refractivity contribution in [3.63, 3.8) is 0 Å². The predicted octanol–water partition coefficient (Wildman–Crippen LogP) is 3.49. The van der Waals surface area contributed by atoms with Gasteiger partial charge in [0.25, 0.3) is 0 Å². The van der Waals surface area contributed by atoms with E-state index in [4.69, 9.17) is 66.0 Å². The Morgan fingerprint density at radius 2 is 0.846 bits per heavy atom. The van der Waals surface area contributed by atoms with Crippen molar-refractivity contribution in [1.82, 2.24) is 0 Å².